The molecule has 0 unspecified atom stereocenters. The molecule has 0 amide bonds. The molecule has 0 fully saturated rings. The lowest BCUT2D eigenvalue weighted by Crippen LogP contribution is -2.42. The van der Waals surface area contributed by atoms with Gasteiger partial charge in [-0.1, -0.05) is 147 Å². The molecule has 0 saturated carbocycles. The van der Waals surface area contributed by atoms with Gasteiger partial charge in [0.25, 0.3) is 0 Å². The first-order valence-electron chi connectivity index (χ1n) is 20.5. The minimum atomic E-state index is -0.152. The number of nitrogens with one attached hydrogen (secondary N) is 1. The first kappa shape index (κ1) is 33.8. The maximum absolute atomic E-state index is 7.23. The molecule has 3 aliphatic rings. The van der Waals surface area contributed by atoms with Gasteiger partial charge >= 0.3 is 5.84 Å². The van der Waals surface area contributed by atoms with Crippen molar-refractivity contribution in [3.8, 4) is 44.5 Å². The molecule has 9 aromatic rings. The average Bonchev–Trinajstić information content (AvgIpc) is 3.50. The van der Waals surface area contributed by atoms with Crippen molar-refractivity contribution in [1.82, 2.24) is 5.32 Å². The Morgan fingerprint density at radius 2 is 1.22 bits per heavy atom. The van der Waals surface area contributed by atoms with Crippen molar-refractivity contribution in [2.24, 2.45) is 4.99 Å². The third-order valence-electron chi connectivity index (χ3n) is 13.2. The number of rotatable bonds is 5. The van der Waals surface area contributed by atoms with Gasteiger partial charge < -0.3 is 9.73 Å². The van der Waals surface area contributed by atoms with Crippen LogP contribution in [-0.2, 0) is 5.41 Å². The van der Waals surface area contributed by atoms with Crippen LogP contribution in [0, 0.1) is 0 Å². The smallest absolute Gasteiger partial charge is 0.324 e. The standard InChI is InChI=1S/C55H39N3O/c1-31-48(32-14-5-4-6-15-32)52(31)57-54(58-53(56)41-21-12-24-45-50(41)40-18-9-10-23-44(40)55(45,2)3)42-22-13-25-47-51(42)43-30-33(26-29-46(43)59-47)34-27-28-39-36-17-8-7-16-35(36)38-20-11-19-37(34)49(38)39/h4-30,52H,1-3H3,(H2,56,57,58)/p+1/t52-/m1/s1. The molecule has 0 radical (unpaired) electrons. The number of fused-ring (bicyclic) bond motifs is 9. The Kier molecular flexibility index (Phi) is 7.08. The molecule has 8 aromatic carbocycles. The van der Waals surface area contributed by atoms with Gasteiger partial charge in [-0.2, -0.15) is 0 Å². The highest BCUT2D eigenvalue weighted by Gasteiger charge is 2.39. The monoisotopic (exact) mass is 758 g/mol. The summed E-state index contributed by atoms with van der Waals surface area (Å²) in [5.41, 5.74) is 19.6. The first-order chi connectivity index (χ1) is 28.9. The first-order valence-corrected chi connectivity index (χ1v) is 20.5. The fourth-order valence-corrected chi connectivity index (χ4v) is 10.2. The maximum atomic E-state index is 7.23. The van der Waals surface area contributed by atoms with Gasteiger partial charge in [0.15, 0.2) is 0 Å². The van der Waals surface area contributed by atoms with E-state index < -0.39 is 0 Å². The number of benzene rings is 8. The Hall–Kier alpha value is -7.30. The number of nitrogens with zero attached hydrogens (tertiary/aromatic N) is 1. The summed E-state index contributed by atoms with van der Waals surface area (Å²) in [7, 11) is 0. The molecular formula is C55H40N3O+. The summed E-state index contributed by atoms with van der Waals surface area (Å²) >= 11 is 0. The van der Waals surface area contributed by atoms with Gasteiger partial charge in [-0.15, -0.1) is 0 Å². The Morgan fingerprint density at radius 1 is 0.559 bits per heavy atom. The molecule has 4 nitrogen and oxygen atoms in total. The van der Waals surface area contributed by atoms with Crippen molar-refractivity contribution in [3.63, 3.8) is 0 Å². The highest BCUT2D eigenvalue weighted by Crippen LogP contribution is 2.51. The van der Waals surface area contributed by atoms with Crippen LogP contribution in [0.2, 0.25) is 0 Å². The third kappa shape index (κ3) is 4.90. The third-order valence-corrected chi connectivity index (χ3v) is 13.2. The van der Waals surface area contributed by atoms with Gasteiger partial charge in [0, 0.05) is 21.8 Å². The van der Waals surface area contributed by atoms with Crippen molar-refractivity contribution < 1.29 is 9.83 Å². The SMILES string of the molecule is CC1=C(c2ccccc2)[C@@H]1NC(=NC(=[NH2+])c1cccc2c1-c1ccccc1C2(C)C)c1cccc2oc3ccc(-c4ccc5c6c(cccc46)-c4ccccc4-5)cc3c12. The molecule has 280 valence electrons. The molecule has 0 spiro atoms. The summed E-state index contributed by atoms with van der Waals surface area (Å²) in [4.78, 5) is 5.39. The van der Waals surface area contributed by atoms with E-state index in [1.54, 1.807) is 0 Å². The predicted molar refractivity (Wildman–Crippen MR) is 244 cm³/mol. The number of furan rings is 1. The summed E-state index contributed by atoms with van der Waals surface area (Å²) < 4.78 is 6.63. The predicted octanol–water partition coefficient (Wildman–Crippen LogP) is 11.8. The molecule has 1 aromatic heterocycles. The van der Waals surface area contributed by atoms with Crippen LogP contribution in [0.25, 0.3) is 82.8 Å². The van der Waals surface area contributed by atoms with E-state index in [0.29, 0.717) is 11.7 Å². The number of amidine groups is 2. The van der Waals surface area contributed by atoms with Crippen LogP contribution < -0.4 is 10.7 Å². The highest BCUT2D eigenvalue weighted by atomic mass is 16.3. The second kappa shape index (κ2) is 12.3. The molecule has 0 saturated heterocycles. The molecule has 59 heavy (non-hydrogen) atoms. The Morgan fingerprint density at radius 3 is 2.05 bits per heavy atom. The van der Waals surface area contributed by atoms with Crippen LogP contribution in [0.5, 0.6) is 0 Å². The minimum Gasteiger partial charge on any atom is -0.456 e. The van der Waals surface area contributed by atoms with Gasteiger partial charge in [0.2, 0.25) is 5.84 Å². The van der Waals surface area contributed by atoms with Crippen molar-refractivity contribution in [2.75, 3.05) is 0 Å². The van der Waals surface area contributed by atoms with E-state index in [1.165, 1.54) is 72.0 Å². The number of hydrogen-bond donors (Lipinski definition) is 2. The van der Waals surface area contributed by atoms with E-state index >= 15 is 0 Å². The van der Waals surface area contributed by atoms with Crippen LogP contribution in [0.1, 0.15) is 48.6 Å². The van der Waals surface area contributed by atoms with Crippen molar-refractivity contribution >= 4 is 50.0 Å². The molecule has 12 rings (SSSR count). The largest absolute Gasteiger partial charge is 0.456 e. The van der Waals surface area contributed by atoms with Gasteiger partial charge in [-0.3, -0.25) is 5.41 Å². The second-order valence-corrected chi connectivity index (χ2v) is 16.7. The van der Waals surface area contributed by atoms with E-state index in [0.717, 1.165) is 44.2 Å². The van der Waals surface area contributed by atoms with E-state index in [1.807, 2.05) is 0 Å². The van der Waals surface area contributed by atoms with Gasteiger partial charge in [-0.05, 0) is 120 Å². The van der Waals surface area contributed by atoms with Crippen molar-refractivity contribution in [2.45, 2.75) is 32.2 Å². The molecule has 1 atom stereocenters. The number of aliphatic imine (C=N–C) groups is 1. The van der Waals surface area contributed by atoms with E-state index in [4.69, 9.17) is 14.8 Å². The van der Waals surface area contributed by atoms with E-state index in [2.05, 4.69) is 190 Å². The fourth-order valence-electron chi connectivity index (χ4n) is 10.2. The average molecular weight is 759 g/mol. The summed E-state index contributed by atoms with van der Waals surface area (Å²) in [6, 6.07) is 58.6. The van der Waals surface area contributed by atoms with Gasteiger partial charge in [-0.25, -0.2) is 0 Å². The zero-order valence-corrected chi connectivity index (χ0v) is 33.1. The summed E-state index contributed by atoms with van der Waals surface area (Å²) in [6.45, 7) is 6.79. The van der Waals surface area contributed by atoms with E-state index in [9.17, 15) is 0 Å². The molecule has 0 aliphatic heterocycles. The van der Waals surface area contributed by atoms with Crippen LogP contribution in [0.4, 0.5) is 0 Å². The lowest BCUT2D eigenvalue weighted by molar-refractivity contribution is -0.113. The maximum Gasteiger partial charge on any atom is 0.324 e. The van der Waals surface area contributed by atoms with Crippen LogP contribution in [0.15, 0.2) is 179 Å². The Labute approximate surface area is 342 Å². The fraction of sp³-hybridized carbons (Fsp3) is 0.0909. The lowest BCUT2D eigenvalue weighted by Gasteiger charge is -2.21. The second-order valence-electron chi connectivity index (χ2n) is 16.7. The topological polar surface area (TPSA) is 63.1 Å². The number of nitrogens with two attached hydrogens (primary N) is 1. The quantitative estimate of drug-likeness (QED) is 0.136. The van der Waals surface area contributed by atoms with Crippen LogP contribution in [0.3, 0.4) is 0 Å². The zero-order valence-electron chi connectivity index (χ0n) is 33.1. The summed E-state index contributed by atoms with van der Waals surface area (Å²) in [5.74, 6) is 1.18. The normalized spacial score (nSPS) is 15.8. The van der Waals surface area contributed by atoms with E-state index in [-0.39, 0.29) is 11.5 Å². The lowest BCUT2D eigenvalue weighted by atomic mass is 9.82. The molecule has 4 heteroatoms. The van der Waals surface area contributed by atoms with Crippen molar-refractivity contribution in [1.29, 1.82) is 0 Å². The highest BCUT2D eigenvalue weighted by molar-refractivity contribution is 6.23. The molecular weight excluding hydrogens is 719 g/mol. The number of hydrogen-bond acceptors (Lipinski definition) is 1. The van der Waals surface area contributed by atoms with Crippen LogP contribution in [-0.4, -0.2) is 17.7 Å². The Bertz CT molecular complexity index is 3330. The summed E-state index contributed by atoms with van der Waals surface area (Å²) in [5, 5.41) is 15.7. The summed E-state index contributed by atoms with van der Waals surface area (Å²) in [6.07, 6.45) is 0. The van der Waals surface area contributed by atoms with Gasteiger partial charge in [0.05, 0.1) is 17.2 Å². The zero-order chi connectivity index (χ0) is 39.6. The molecule has 0 bridgehead atoms. The van der Waals surface area contributed by atoms with Gasteiger partial charge in [0.1, 0.15) is 11.2 Å². The minimum absolute atomic E-state index is 0.0201. The molecule has 1 heterocycles. The van der Waals surface area contributed by atoms with Crippen LogP contribution >= 0.6 is 0 Å². The van der Waals surface area contributed by atoms with Crippen molar-refractivity contribution in [3.05, 3.63) is 197 Å². The molecule has 3 N–H and O–H groups in total. The molecule has 3 aliphatic carbocycles. The Balaban J connectivity index is 1.03.